The number of aryl methyl sites for hydroxylation is 2. The molecule has 0 unspecified atom stereocenters. The first-order chi connectivity index (χ1) is 34.5. The van der Waals surface area contributed by atoms with Gasteiger partial charge in [0.1, 0.15) is 23.5 Å². The third-order valence-corrected chi connectivity index (χ3v) is 14.9. The number of hydrogen-bond donors (Lipinski definition) is 4. The number of aromatic nitrogens is 5. The van der Waals surface area contributed by atoms with E-state index in [1.165, 1.54) is 11.8 Å². The Morgan fingerprint density at radius 3 is 2.29 bits per heavy atom. The molecule has 19 nitrogen and oxygen atoms in total. The molecule has 3 fully saturated rings. The lowest BCUT2D eigenvalue weighted by molar-refractivity contribution is -0.144. The number of nitrogens with one attached hydrogen (secondary N) is 3. The number of ketones is 1. The Balaban J connectivity index is 0.761. The molecule has 8 rings (SSSR count). The molecule has 6 heterocycles. The summed E-state index contributed by atoms with van der Waals surface area (Å²) >= 11 is 1.57. The highest BCUT2D eigenvalue weighted by atomic mass is 32.1. The summed E-state index contributed by atoms with van der Waals surface area (Å²) in [6, 6.07) is 9.72. The van der Waals surface area contributed by atoms with Crippen LogP contribution in [0.5, 0.6) is 0 Å². The molecule has 4 N–H and O–H groups in total. The van der Waals surface area contributed by atoms with Crippen LogP contribution >= 0.6 is 11.3 Å². The first-order valence-corrected chi connectivity index (χ1v) is 25.7. The van der Waals surface area contributed by atoms with E-state index in [9.17, 15) is 33.9 Å². The van der Waals surface area contributed by atoms with Gasteiger partial charge >= 0.3 is 0 Å². The Kier molecular flexibility index (Phi) is 16.1. The average Bonchev–Trinajstić information content (AvgIpc) is 4.14. The number of β-amino-alcohol motifs (C(OH)–C–C–N with tert-alkyl or cyclic N) is 1. The van der Waals surface area contributed by atoms with Crippen molar-refractivity contribution in [1.29, 1.82) is 0 Å². The van der Waals surface area contributed by atoms with Gasteiger partial charge in [-0.1, -0.05) is 57.9 Å². The SMILES string of the molecule is CC(=O)c1c(C)c2cnc(Nc3ccc(N4CCN(C(=O)CCOCCC(=O)N[C@H](C(=O)N5C[C@H](O)C[C@H]5C(=O)NCc5ccc(-c6scnc6C)cc5)C(C)(C)C)CC4)cn3)nc2n(C2CCCC2)c1=O. The number of ether oxygens (including phenoxy) is 1. The van der Waals surface area contributed by atoms with Crippen molar-refractivity contribution in [1.82, 2.24) is 44.9 Å². The number of pyridine rings is 2. The standard InChI is InChI=1S/C52H65N11O8S/c1-31-39-28-55-51(59-47(39)63(36-9-7-8-10-36)49(69)44(31)33(3)64)57-41-16-15-37(27-53-41)60-19-21-61(22-20-60)43(67)18-24-71-23-17-42(66)58-46(52(4,5)6)50(70)62-29-38(65)25-40(62)48(68)54-26-34-11-13-35(14-12-34)45-32(2)56-30-72-45/h11-16,27-28,30,36,38,40,46,65H,7-10,17-26,29H2,1-6H3,(H,54,68)(H,58,66)(H,53,55,57,59)/t38-,40+,46-/m1/s1. The van der Waals surface area contributed by atoms with Crippen LogP contribution < -0.4 is 26.4 Å². The smallest absolute Gasteiger partial charge is 0.263 e. The predicted molar refractivity (Wildman–Crippen MR) is 274 cm³/mol. The molecule has 4 amide bonds. The zero-order valence-corrected chi connectivity index (χ0v) is 42.7. The van der Waals surface area contributed by atoms with Crippen molar-refractivity contribution in [3.05, 3.63) is 87.0 Å². The van der Waals surface area contributed by atoms with Gasteiger partial charge in [0.05, 0.1) is 59.3 Å². The normalized spacial score (nSPS) is 17.8. The zero-order valence-electron chi connectivity index (χ0n) is 41.9. The molecule has 72 heavy (non-hydrogen) atoms. The van der Waals surface area contributed by atoms with Gasteiger partial charge in [-0.15, -0.1) is 11.3 Å². The van der Waals surface area contributed by atoms with E-state index in [0.717, 1.165) is 53.1 Å². The lowest BCUT2D eigenvalue weighted by Crippen LogP contribution is -2.57. The van der Waals surface area contributed by atoms with Gasteiger partial charge in [0.2, 0.25) is 29.6 Å². The van der Waals surface area contributed by atoms with Crippen LogP contribution in [0.15, 0.2) is 59.1 Å². The van der Waals surface area contributed by atoms with Crippen molar-refractivity contribution in [2.24, 2.45) is 5.41 Å². The molecule has 1 aliphatic carbocycles. The molecule has 0 bridgehead atoms. The minimum atomic E-state index is -0.970. The van der Waals surface area contributed by atoms with Crippen LogP contribution in [0.25, 0.3) is 21.5 Å². The predicted octanol–water partition coefficient (Wildman–Crippen LogP) is 5.24. The second-order valence-corrected chi connectivity index (χ2v) is 20.9. The molecule has 0 spiro atoms. The molecule has 3 atom stereocenters. The maximum atomic E-state index is 14.0. The zero-order chi connectivity index (χ0) is 51.3. The van der Waals surface area contributed by atoms with Crippen molar-refractivity contribution < 1.29 is 33.8 Å². The Labute approximate surface area is 422 Å². The first kappa shape index (κ1) is 51.7. The fourth-order valence-electron chi connectivity index (χ4n) is 9.88. The average molecular weight is 1000 g/mol. The minimum Gasteiger partial charge on any atom is -0.391 e. The number of aliphatic hydroxyl groups is 1. The van der Waals surface area contributed by atoms with Crippen molar-refractivity contribution in [3.63, 3.8) is 0 Å². The van der Waals surface area contributed by atoms with Gasteiger partial charge in [0.15, 0.2) is 5.78 Å². The van der Waals surface area contributed by atoms with E-state index < -0.39 is 35.4 Å². The van der Waals surface area contributed by atoms with Crippen LogP contribution in [-0.2, 0) is 30.5 Å². The Morgan fingerprint density at radius 1 is 0.917 bits per heavy atom. The van der Waals surface area contributed by atoms with Gasteiger partial charge in [-0.2, -0.15) is 4.98 Å². The van der Waals surface area contributed by atoms with Gasteiger partial charge in [-0.25, -0.2) is 15.0 Å². The van der Waals surface area contributed by atoms with Crippen LogP contribution in [0.4, 0.5) is 17.5 Å². The quantitative estimate of drug-likeness (QED) is 0.0689. The number of carbonyl (C=O) groups excluding carboxylic acids is 5. The van der Waals surface area contributed by atoms with E-state index >= 15 is 0 Å². The summed E-state index contributed by atoms with van der Waals surface area (Å²) < 4.78 is 7.40. The van der Waals surface area contributed by atoms with E-state index in [-0.39, 0.29) is 80.3 Å². The molecule has 1 aromatic carbocycles. The van der Waals surface area contributed by atoms with Gasteiger partial charge in [-0.05, 0) is 67.9 Å². The second-order valence-electron chi connectivity index (χ2n) is 20.1. The largest absolute Gasteiger partial charge is 0.391 e. The van der Waals surface area contributed by atoms with Gasteiger partial charge in [0.25, 0.3) is 5.56 Å². The lowest BCUT2D eigenvalue weighted by Gasteiger charge is -2.36. The number of benzene rings is 1. The summed E-state index contributed by atoms with van der Waals surface area (Å²) in [5.74, 6) is -0.745. The monoisotopic (exact) mass is 1000 g/mol. The minimum absolute atomic E-state index is 0.0273. The summed E-state index contributed by atoms with van der Waals surface area (Å²) in [5.41, 5.74) is 5.84. The van der Waals surface area contributed by atoms with E-state index in [4.69, 9.17) is 9.72 Å². The number of carbonyl (C=O) groups is 5. The second kappa shape index (κ2) is 22.4. The Hall–Kier alpha value is -6.64. The van der Waals surface area contributed by atoms with Crippen molar-refractivity contribution in [3.8, 4) is 10.4 Å². The highest BCUT2D eigenvalue weighted by Crippen LogP contribution is 2.33. The summed E-state index contributed by atoms with van der Waals surface area (Å²) in [7, 11) is 0. The number of rotatable bonds is 17. The molecule has 1 saturated carbocycles. The maximum absolute atomic E-state index is 14.0. The molecule has 382 valence electrons. The Morgan fingerprint density at radius 2 is 1.64 bits per heavy atom. The van der Waals surface area contributed by atoms with Gasteiger partial charge < -0.3 is 40.5 Å². The molecule has 3 aliphatic rings. The van der Waals surface area contributed by atoms with E-state index in [1.807, 2.05) is 69.6 Å². The fraction of sp³-hybridized carbons (Fsp3) is 0.500. The third-order valence-electron chi connectivity index (χ3n) is 13.9. The lowest BCUT2D eigenvalue weighted by atomic mass is 9.85. The number of Topliss-reactive ketones (excluding diaryl/α,β-unsaturated/α-hetero) is 1. The molecule has 5 aromatic rings. The Bertz CT molecular complexity index is 2850. The van der Waals surface area contributed by atoms with Gasteiger partial charge in [-0.3, -0.25) is 33.3 Å². The molecular weight excluding hydrogens is 939 g/mol. The van der Waals surface area contributed by atoms with Crippen LogP contribution in [0.2, 0.25) is 0 Å². The summed E-state index contributed by atoms with van der Waals surface area (Å²) in [4.78, 5) is 105. The van der Waals surface area contributed by atoms with E-state index in [0.29, 0.717) is 54.5 Å². The number of amides is 4. The molecular formula is C52H65N11O8S. The summed E-state index contributed by atoms with van der Waals surface area (Å²) in [5, 5.41) is 20.2. The fourth-order valence-corrected chi connectivity index (χ4v) is 10.7. The van der Waals surface area contributed by atoms with Crippen molar-refractivity contribution in [2.75, 3.05) is 56.2 Å². The van der Waals surface area contributed by atoms with Crippen LogP contribution in [-0.4, -0.2) is 133 Å². The first-order valence-electron chi connectivity index (χ1n) is 24.8. The highest BCUT2D eigenvalue weighted by Gasteiger charge is 2.44. The van der Waals surface area contributed by atoms with Crippen LogP contribution in [0.3, 0.4) is 0 Å². The summed E-state index contributed by atoms with van der Waals surface area (Å²) in [6.07, 6.45) is 6.45. The molecule has 2 aliphatic heterocycles. The number of thiazole rings is 1. The number of likely N-dealkylation sites (tertiary alicyclic amines) is 1. The summed E-state index contributed by atoms with van der Waals surface area (Å²) in [6.45, 7) is 13.3. The van der Waals surface area contributed by atoms with E-state index in [1.54, 1.807) is 40.1 Å². The van der Waals surface area contributed by atoms with Gasteiger partial charge in [0, 0.05) is 69.7 Å². The number of fused-ring (bicyclic) bond motifs is 1. The number of piperazine rings is 1. The van der Waals surface area contributed by atoms with Crippen LogP contribution in [0, 0.1) is 19.3 Å². The highest BCUT2D eigenvalue weighted by molar-refractivity contribution is 7.13. The van der Waals surface area contributed by atoms with E-state index in [2.05, 4.69) is 35.8 Å². The molecule has 2 saturated heterocycles. The van der Waals surface area contributed by atoms with Crippen molar-refractivity contribution in [2.45, 2.75) is 117 Å². The number of anilines is 3. The number of hydrogen-bond acceptors (Lipinski definition) is 15. The van der Waals surface area contributed by atoms with Crippen molar-refractivity contribution >= 4 is 69.2 Å². The maximum Gasteiger partial charge on any atom is 0.263 e. The molecule has 0 radical (unpaired) electrons. The molecule has 20 heteroatoms. The van der Waals surface area contributed by atoms with Crippen LogP contribution in [0.1, 0.15) is 106 Å². The topological polar surface area (TPSA) is 234 Å². The molecule has 4 aromatic heterocycles. The third kappa shape index (κ3) is 11.8. The number of nitrogens with zero attached hydrogens (tertiary/aromatic N) is 8. The number of aliphatic hydroxyl groups excluding tert-OH is 1.